The minimum absolute atomic E-state index is 0.0606. The van der Waals surface area contributed by atoms with Crippen molar-refractivity contribution in [1.29, 1.82) is 0 Å². The number of nitrogens with zero attached hydrogens (tertiary/aromatic N) is 1. The molecular weight excluding hydrogens is 246 g/mol. The number of likely N-dealkylation sites (tertiary alicyclic amines) is 1. The molecule has 1 amide bonds. The van der Waals surface area contributed by atoms with Crippen LogP contribution < -0.4 is 0 Å². The molecule has 0 radical (unpaired) electrons. The average Bonchev–Trinajstić information content (AvgIpc) is 2.60. The first-order valence-corrected chi connectivity index (χ1v) is 7.54. The van der Waals surface area contributed by atoms with Crippen LogP contribution in [0.2, 0.25) is 0 Å². The van der Waals surface area contributed by atoms with Crippen LogP contribution >= 0.6 is 0 Å². The van der Waals surface area contributed by atoms with E-state index in [0.717, 1.165) is 12.7 Å². The van der Waals surface area contributed by atoms with E-state index >= 15 is 0 Å². The van der Waals surface area contributed by atoms with Crippen LogP contribution in [0.5, 0.6) is 0 Å². The Bertz CT molecular complexity index is 403. The maximum absolute atomic E-state index is 11.8. The first kappa shape index (κ1) is 14.0. The Morgan fingerprint density at radius 1 is 1.41 bits per heavy atom. The lowest BCUT2D eigenvalue weighted by atomic mass is 10.1. The van der Waals surface area contributed by atoms with Crippen molar-refractivity contribution < 1.29 is 23.1 Å². The number of aliphatic carboxylic acids is 1. The molecule has 1 N–H and O–H groups in total. The zero-order chi connectivity index (χ0) is 13.1. The molecule has 7 heteroatoms. The highest BCUT2D eigenvalue weighted by Gasteiger charge is 2.30. The second-order valence-corrected chi connectivity index (χ2v) is 6.62. The van der Waals surface area contributed by atoms with Gasteiger partial charge in [0.25, 0.3) is 0 Å². The topological polar surface area (TPSA) is 91.8 Å². The SMILES string of the molecule is CS(=O)(=O)CCC(=O)N1CCCC1CC(=O)O. The Hall–Kier alpha value is -1.11. The third-order valence-corrected chi connectivity index (χ3v) is 3.74. The molecule has 1 aliphatic heterocycles. The molecule has 0 aromatic heterocycles. The first-order valence-electron chi connectivity index (χ1n) is 5.48. The molecule has 17 heavy (non-hydrogen) atoms. The van der Waals surface area contributed by atoms with E-state index < -0.39 is 15.8 Å². The van der Waals surface area contributed by atoms with Gasteiger partial charge < -0.3 is 10.0 Å². The van der Waals surface area contributed by atoms with Gasteiger partial charge >= 0.3 is 5.97 Å². The van der Waals surface area contributed by atoms with Crippen molar-refractivity contribution >= 4 is 21.7 Å². The smallest absolute Gasteiger partial charge is 0.305 e. The number of hydrogen-bond acceptors (Lipinski definition) is 4. The number of carboxylic acids is 1. The van der Waals surface area contributed by atoms with Gasteiger partial charge in [-0.2, -0.15) is 0 Å². The second kappa shape index (κ2) is 5.48. The van der Waals surface area contributed by atoms with Gasteiger partial charge in [-0.3, -0.25) is 9.59 Å². The lowest BCUT2D eigenvalue weighted by molar-refractivity contribution is -0.139. The van der Waals surface area contributed by atoms with Gasteiger partial charge in [0.1, 0.15) is 9.84 Å². The predicted molar refractivity (Wildman–Crippen MR) is 61.3 cm³/mol. The van der Waals surface area contributed by atoms with E-state index in [2.05, 4.69) is 0 Å². The lowest BCUT2D eigenvalue weighted by Crippen LogP contribution is -2.37. The lowest BCUT2D eigenvalue weighted by Gasteiger charge is -2.23. The summed E-state index contributed by atoms with van der Waals surface area (Å²) < 4.78 is 21.9. The molecule has 0 bridgehead atoms. The van der Waals surface area contributed by atoms with E-state index in [9.17, 15) is 18.0 Å². The number of carbonyl (C=O) groups is 2. The minimum atomic E-state index is -3.15. The molecule has 1 saturated heterocycles. The summed E-state index contributed by atoms with van der Waals surface area (Å²) >= 11 is 0. The summed E-state index contributed by atoms with van der Waals surface area (Å²) in [5.41, 5.74) is 0. The maximum Gasteiger partial charge on any atom is 0.305 e. The third-order valence-electron chi connectivity index (χ3n) is 2.79. The molecule has 1 rings (SSSR count). The van der Waals surface area contributed by atoms with Gasteiger partial charge in [-0.1, -0.05) is 0 Å². The quantitative estimate of drug-likeness (QED) is 0.747. The molecule has 0 aliphatic carbocycles. The average molecular weight is 263 g/mol. The molecule has 1 heterocycles. The number of carbonyl (C=O) groups excluding carboxylic acids is 1. The molecule has 1 aliphatic rings. The number of amides is 1. The Morgan fingerprint density at radius 3 is 2.59 bits per heavy atom. The van der Waals surface area contributed by atoms with Crippen LogP contribution in [0, 0.1) is 0 Å². The van der Waals surface area contributed by atoms with Crippen molar-refractivity contribution in [2.45, 2.75) is 31.7 Å². The van der Waals surface area contributed by atoms with Gasteiger partial charge in [0.2, 0.25) is 5.91 Å². The summed E-state index contributed by atoms with van der Waals surface area (Å²) in [6, 6.07) is -0.278. The Morgan fingerprint density at radius 2 is 2.06 bits per heavy atom. The van der Waals surface area contributed by atoms with Crippen molar-refractivity contribution in [2.24, 2.45) is 0 Å². The van der Waals surface area contributed by atoms with Gasteiger partial charge in [-0.05, 0) is 12.8 Å². The van der Waals surface area contributed by atoms with Crippen LogP contribution in [-0.4, -0.2) is 54.9 Å². The zero-order valence-electron chi connectivity index (χ0n) is 9.76. The number of rotatable bonds is 5. The van der Waals surface area contributed by atoms with E-state index in [1.165, 1.54) is 4.90 Å². The van der Waals surface area contributed by atoms with E-state index in [1.54, 1.807) is 0 Å². The highest BCUT2D eigenvalue weighted by atomic mass is 32.2. The van der Waals surface area contributed by atoms with Gasteiger partial charge in [-0.15, -0.1) is 0 Å². The van der Waals surface area contributed by atoms with Crippen LogP contribution in [0.3, 0.4) is 0 Å². The van der Waals surface area contributed by atoms with Crippen molar-refractivity contribution in [1.82, 2.24) is 4.90 Å². The van der Waals surface area contributed by atoms with E-state index in [-0.39, 0.29) is 30.5 Å². The van der Waals surface area contributed by atoms with Crippen LogP contribution in [-0.2, 0) is 19.4 Å². The fraction of sp³-hybridized carbons (Fsp3) is 0.800. The van der Waals surface area contributed by atoms with Crippen LogP contribution in [0.15, 0.2) is 0 Å². The molecule has 0 spiro atoms. The van der Waals surface area contributed by atoms with Gasteiger partial charge in [0, 0.05) is 25.3 Å². The highest BCUT2D eigenvalue weighted by molar-refractivity contribution is 7.90. The summed E-state index contributed by atoms with van der Waals surface area (Å²) in [4.78, 5) is 23.9. The second-order valence-electron chi connectivity index (χ2n) is 4.36. The molecule has 0 aromatic carbocycles. The standard InChI is InChI=1S/C10H17NO5S/c1-17(15,16)6-4-9(12)11-5-2-3-8(11)7-10(13)14/h8H,2-7H2,1H3,(H,13,14). The summed E-state index contributed by atoms with van der Waals surface area (Å²) in [5, 5.41) is 8.70. The molecule has 0 saturated carbocycles. The summed E-state index contributed by atoms with van der Waals surface area (Å²) in [7, 11) is -3.15. The predicted octanol–water partition coefficient (Wildman–Crippen LogP) is -0.113. The maximum atomic E-state index is 11.8. The van der Waals surface area contributed by atoms with Crippen LogP contribution in [0.25, 0.3) is 0 Å². The van der Waals surface area contributed by atoms with E-state index in [1.807, 2.05) is 0 Å². The van der Waals surface area contributed by atoms with Gasteiger partial charge in [-0.25, -0.2) is 8.42 Å². The Balaban J connectivity index is 2.53. The summed E-state index contributed by atoms with van der Waals surface area (Å²) in [6.45, 7) is 0.528. The van der Waals surface area contributed by atoms with Gasteiger partial charge in [0.15, 0.2) is 0 Å². The monoisotopic (exact) mass is 263 g/mol. The fourth-order valence-electron chi connectivity index (χ4n) is 1.99. The molecule has 1 atom stereocenters. The Kier molecular flexibility index (Phi) is 4.50. The number of hydrogen-bond donors (Lipinski definition) is 1. The summed E-state index contributed by atoms with van der Waals surface area (Å²) in [5.74, 6) is -1.38. The molecule has 98 valence electrons. The van der Waals surface area contributed by atoms with E-state index in [0.29, 0.717) is 13.0 Å². The van der Waals surface area contributed by atoms with Crippen LogP contribution in [0.1, 0.15) is 25.7 Å². The zero-order valence-corrected chi connectivity index (χ0v) is 10.6. The molecule has 1 fully saturated rings. The van der Waals surface area contributed by atoms with Crippen molar-refractivity contribution in [3.05, 3.63) is 0 Å². The van der Waals surface area contributed by atoms with Crippen molar-refractivity contribution in [3.63, 3.8) is 0 Å². The highest BCUT2D eigenvalue weighted by Crippen LogP contribution is 2.21. The largest absolute Gasteiger partial charge is 0.481 e. The molecule has 6 nitrogen and oxygen atoms in total. The van der Waals surface area contributed by atoms with E-state index in [4.69, 9.17) is 5.11 Å². The molecule has 1 unspecified atom stereocenters. The first-order chi connectivity index (χ1) is 7.79. The normalized spacial score (nSPS) is 20.5. The number of carboxylic acid groups (broad SMARTS) is 1. The van der Waals surface area contributed by atoms with Crippen molar-refractivity contribution in [3.8, 4) is 0 Å². The van der Waals surface area contributed by atoms with Crippen molar-refractivity contribution in [2.75, 3.05) is 18.6 Å². The number of sulfone groups is 1. The summed E-state index contributed by atoms with van der Waals surface area (Å²) in [6.07, 6.45) is 2.41. The Labute approximate surface area is 101 Å². The molecular formula is C10H17NO5S. The fourth-order valence-corrected chi connectivity index (χ4v) is 2.54. The minimum Gasteiger partial charge on any atom is -0.481 e. The van der Waals surface area contributed by atoms with Crippen LogP contribution in [0.4, 0.5) is 0 Å². The van der Waals surface area contributed by atoms with Gasteiger partial charge in [0.05, 0.1) is 12.2 Å². The third kappa shape index (κ3) is 4.72. The molecule has 0 aromatic rings.